The number of nitrogens with one attached hydrogen (secondary N) is 2. The third kappa shape index (κ3) is 4.37. The zero-order valence-electron chi connectivity index (χ0n) is 17.4. The highest BCUT2D eigenvalue weighted by Crippen LogP contribution is 2.38. The molecule has 30 heavy (non-hydrogen) atoms. The van der Waals surface area contributed by atoms with Crippen LogP contribution < -0.4 is 10.2 Å². The van der Waals surface area contributed by atoms with Crippen LogP contribution in [0.4, 0.5) is 11.4 Å². The largest absolute Gasteiger partial charge is 0.493 e. The number of hydrogen-bond donors (Lipinski definition) is 3. The first kappa shape index (κ1) is 20.5. The fourth-order valence-electron chi connectivity index (χ4n) is 4.03. The normalized spacial score (nSPS) is 19.4. The SMILES string of the molecule is Cc1ccccc1NC(=S)N=Nc1c(O)n(C[NH+]2CCC(C)CC2)c2ccccc12. The van der Waals surface area contributed by atoms with Crippen LogP contribution in [-0.4, -0.2) is 27.9 Å². The number of quaternary nitrogens is 1. The molecule has 6 nitrogen and oxygen atoms in total. The van der Waals surface area contributed by atoms with Crippen molar-refractivity contribution in [1.82, 2.24) is 4.57 Å². The number of aromatic hydroxyl groups is 1. The minimum Gasteiger partial charge on any atom is -0.493 e. The van der Waals surface area contributed by atoms with Crippen LogP contribution in [-0.2, 0) is 6.67 Å². The lowest BCUT2D eigenvalue weighted by Crippen LogP contribution is -3.12. The highest BCUT2D eigenvalue weighted by Gasteiger charge is 2.23. The van der Waals surface area contributed by atoms with Crippen molar-refractivity contribution < 1.29 is 10.0 Å². The number of benzene rings is 2. The summed E-state index contributed by atoms with van der Waals surface area (Å²) in [5, 5.41) is 23.7. The zero-order chi connectivity index (χ0) is 21.1. The van der Waals surface area contributed by atoms with Crippen molar-refractivity contribution in [3.63, 3.8) is 0 Å². The van der Waals surface area contributed by atoms with E-state index >= 15 is 0 Å². The number of anilines is 1. The van der Waals surface area contributed by atoms with Gasteiger partial charge < -0.3 is 15.3 Å². The van der Waals surface area contributed by atoms with Gasteiger partial charge in [0.05, 0.1) is 18.6 Å². The van der Waals surface area contributed by atoms with Crippen LogP contribution in [0.5, 0.6) is 5.88 Å². The van der Waals surface area contributed by atoms with Crippen LogP contribution >= 0.6 is 12.2 Å². The van der Waals surface area contributed by atoms with E-state index in [-0.39, 0.29) is 11.0 Å². The molecule has 0 aliphatic carbocycles. The number of azo groups is 1. The van der Waals surface area contributed by atoms with Gasteiger partial charge >= 0.3 is 0 Å². The van der Waals surface area contributed by atoms with Gasteiger partial charge in [-0.3, -0.25) is 4.57 Å². The number of likely N-dealkylation sites (tertiary alicyclic amines) is 1. The maximum atomic E-state index is 11.0. The molecule has 0 amide bonds. The number of piperidine rings is 1. The molecule has 0 unspecified atom stereocenters. The maximum Gasteiger partial charge on any atom is 0.225 e. The fourth-order valence-corrected chi connectivity index (χ4v) is 4.18. The van der Waals surface area contributed by atoms with E-state index in [4.69, 9.17) is 12.2 Å². The first-order valence-corrected chi connectivity index (χ1v) is 10.9. The van der Waals surface area contributed by atoms with E-state index in [2.05, 4.69) is 22.5 Å². The van der Waals surface area contributed by atoms with Crippen LogP contribution in [0.1, 0.15) is 25.3 Å². The Morgan fingerprint density at radius 3 is 2.63 bits per heavy atom. The summed E-state index contributed by atoms with van der Waals surface area (Å²) in [6, 6.07) is 15.8. The summed E-state index contributed by atoms with van der Waals surface area (Å²) >= 11 is 5.35. The molecule has 156 valence electrons. The Kier molecular flexibility index (Phi) is 6.11. The highest BCUT2D eigenvalue weighted by molar-refractivity contribution is 7.80. The molecule has 0 saturated carbocycles. The summed E-state index contributed by atoms with van der Waals surface area (Å²) in [4.78, 5) is 1.48. The lowest BCUT2D eigenvalue weighted by molar-refractivity contribution is -0.928. The van der Waals surface area contributed by atoms with Gasteiger partial charge in [-0.15, -0.1) is 10.2 Å². The van der Waals surface area contributed by atoms with Gasteiger partial charge in [-0.2, -0.15) is 0 Å². The fraction of sp³-hybridized carbons (Fsp3) is 0.348. The third-order valence-corrected chi connectivity index (χ3v) is 6.09. The smallest absolute Gasteiger partial charge is 0.225 e. The van der Waals surface area contributed by atoms with Gasteiger partial charge in [-0.05, 0) is 55.6 Å². The van der Waals surface area contributed by atoms with Crippen LogP contribution in [0.3, 0.4) is 0 Å². The molecule has 0 radical (unpaired) electrons. The number of rotatable bonds is 4. The molecular weight excluding hydrogens is 394 g/mol. The van der Waals surface area contributed by atoms with Crippen molar-refractivity contribution in [2.45, 2.75) is 33.4 Å². The molecule has 1 aliphatic heterocycles. The molecule has 0 spiro atoms. The van der Waals surface area contributed by atoms with Gasteiger partial charge in [-0.1, -0.05) is 43.3 Å². The van der Waals surface area contributed by atoms with Gasteiger partial charge in [0.25, 0.3) is 0 Å². The standard InChI is InChI=1S/C23H27N5OS/c1-16-11-13-27(14-12-16)15-28-20-10-6-4-8-18(20)21(22(28)29)25-26-23(30)24-19-9-5-3-7-17(19)2/h3-10,16,29H,11-15H2,1-2H3,(H,24,30)/p+1. The quantitative estimate of drug-likeness (QED) is 0.431. The molecule has 1 fully saturated rings. The van der Waals surface area contributed by atoms with E-state index < -0.39 is 0 Å². The van der Waals surface area contributed by atoms with E-state index in [1.54, 1.807) is 0 Å². The third-order valence-electron chi connectivity index (χ3n) is 5.91. The summed E-state index contributed by atoms with van der Waals surface area (Å²) in [5.74, 6) is 0.930. The van der Waals surface area contributed by atoms with Gasteiger partial charge in [0.15, 0.2) is 12.4 Å². The van der Waals surface area contributed by atoms with Gasteiger partial charge in [0, 0.05) is 11.1 Å². The number of para-hydroxylation sites is 2. The first-order chi connectivity index (χ1) is 14.5. The molecule has 7 heteroatoms. The Bertz CT molecular complexity index is 1080. The monoisotopic (exact) mass is 422 g/mol. The van der Waals surface area contributed by atoms with Crippen molar-refractivity contribution in [3.05, 3.63) is 54.1 Å². The van der Waals surface area contributed by atoms with E-state index in [0.29, 0.717) is 5.69 Å². The summed E-state index contributed by atoms with van der Waals surface area (Å²) in [7, 11) is 0. The van der Waals surface area contributed by atoms with Gasteiger partial charge in [0.2, 0.25) is 11.0 Å². The maximum absolute atomic E-state index is 11.0. The van der Waals surface area contributed by atoms with E-state index in [1.165, 1.54) is 17.7 Å². The van der Waals surface area contributed by atoms with Crippen LogP contribution in [0, 0.1) is 12.8 Å². The molecule has 0 atom stereocenters. The van der Waals surface area contributed by atoms with Crippen molar-refractivity contribution in [2.75, 3.05) is 18.4 Å². The van der Waals surface area contributed by atoms with Crippen molar-refractivity contribution in [1.29, 1.82) is 0 Å². The van der Waals surface area contributed by atoms with Gasteiger partial charge in [-0.25, -0.2) is 0 Å². The van der Waals surface area contributed by atoms with E-state index in [9.17, 15) is 5.11 Å². The molecule has 1 aromatic heterocycles. The average molecular weight is 423 g/mol. The summed E-state index contributed by atoms with van der Waals surface area (Å²) in [6.45, 7) is 7.28. The van der Waals surface area contributed by atoms with Crippen molar-refractivity contribution in [2.24, 2.45) is 16.1 Å². The number of nitrogens with zero attached hydrogens (tertiary/aromatic N) is 3. The molecular formula is C23H28N5OS+. The average Bonchev–Trinajstić information content (AvgIpc) is 3.01. The second-order valence-electron chi connectivity index (χ2n) is 8.15. The first-order valence-electron chi connectivity index (χ1n) is 10.4. The second-order valence-corrected chi connectivity index (χ2v) is 8.54. The second kappa shape index (κ2) is 8.93. The highest BCUT2D eigenvalue weighted by atomic mass is 32.1. The molecule has 1 saturated heterocycles. The van der Waals surface area contributed by atoms with Crippen LogP contribution in [0.25, 0.3) is 10.9 Å². The Labute approximate surface area is 182 Å². The van der Waals surface area contributed by atoms with E-state index in [0.717, 1.165) is 47.8 Å². The predicted molar refractivity (Wildman–Crippen MR) is 125 cm³/mol. The Balaban J connectivity index is 1.58. The zero-order valence-corrected chi connectivity index (χ0v) is 18.2. The lowest BCUT2D eigenvalue weighted by atomic mass is 10.00. The molecule has 4 rings (SSSR count). The number of thiocarbonyl (C=S) groups is 1. The topological polar surface area (TPSA) is 66.4 Å². The number of hydrogen-bond acceptors (Lipinski definition) is 3. The minimum absolute atomic E-state index is 0.143. The number of fused-ring (bicyclic) bond motifs is 1. The summed E-state index contributed by atoms with van der Waals surface area (Å²) in [6.07, 6.45) is 2.45. The minimum atomic E-state index is 0.143. The predicted octanol–water partition coefficient (Wildman–Crippen LogP) is 4.41. The molecule has 0 bridgehead atoms. The van der Waals surface area contributed by atoms with E-state index in [1.807, 2.05) is 60.0 Å². The lowest BCUT2D eigenvalue weighted by Gasteiger charge is -2.27. The molecule has 3 N–H and O–H groups in total. The van der Waals surface area contributed by atoms with Crippen LogP contribution in [0.15, 0.2) is 58.8 Å². The summed E-state index contributed by atoms with van der Waals surface area (Å²) < 4.78 is 1.95. The molecule has 3 aromatic rings. The Morgan fingerprint density at radius 2 is 1.87 bits per heavy atom. The number of aromatic nitrogens is 1. The molecule has 2 heterocycles. The molecule has 1 aliphatic rings. The van der Waals surface area contributed by atoms with Crippen molar-refractivity contribution in [3.8, 4) is 5.88 Å². The van der Waals surface area contributed by atoms with Gasteiger partial charge in [0.1, 0.15) is 0 Å². The summed E-state index contributed by atoms with van der Waals surface area (Å²) in [5.41, 5.74) is 3.40. The van der Waals surface area contributed by atoms with Crippen molar-refractivity contribution >= 4 is 39.6 Å². The Hall–Kier alpha value is -2.77. The Morgan fingerprint density at radius 1 is 1.17 bits per heavy atom. The number of aryl methyl sites for hydroxylation is 1. The van der Waals surface area contributed by atoms with Crippen LogP contribution in [0.2, 0.25) is 0 Å². The molecule has 2 aromatic carbocycles.